The van der Waals surface area contributed by atoms with Crippen molar-refractivity contribution in [2.75, 3.05) is 14.2 Å². The highest BCUT2D eigenvalue weighted by Gasteiger charge is 2.15. The highest BCUT2D eigenvalue weighted by Crippen LogP contribution is 2.31. The van der Waals surface area contributed by atoms with Crippen LogP contribution in [0, 0.1) is 0 Å². The molecule has 1 rings (SSSR count). The minimum Gasteiger partial charge on any atom is -0.497 e. The largest absolute Gasteiger partial charge is 0.497 e. The Morgan fingerprint density at radius 3 is 2.27 bits per heavy atom. The summed E-state index contributed by atoms with van der Waals surface area (Å²) in [5, 5.41) is 0. The van der Waals surface area contributed by atoms with Gasteiger partial charge in [-0.05, 0) is 24.5 Å². The first-order valence-electron chi connectivity index (χ1n) is 5.07. The van der Waals surface area contributed by atoms with Crippen LogP contribution in [0.4, 0.5) is 0 Å². The molecular weight excluding hydrogens is 190 g/mol. The van der Waals surface area contributed by atoms with E-state index in [4.69, 9.17) is 15.2 Å². The van der Waals surface area contributed by atoms with Crippen molar-refractivity contribution in [1.29, 1.82) is 0 Å². The second kappa shape index (κ2) is 5.03. The molecule has 0 saturated carbocycles. The molecule has 2 N–H and O–H groups in total. The van der Waals surface area contributed by atoms with Crippen LogP contribution in [-0.4, -0.2) is 20.3 Å². The first kappa shape index (κ1) is 11.9. The van der Waals surface area contributed by atoms with Crippen LogP contribution in [0.25, 0.3) is 0 Å². The monoisotopic (exact) mass is 209 g/mol. The Bertz CT molecular complexity index is 323. The zero-order chi connectivity index (χ0) is 11.4. The summed E-state index contributed by atoms with van der Waals surface area (Å²) in [5.74, 6) is 1.90. The second-order valence-electron chi connectivity index (χ2n) is 3.76. The standard InChI is InChI=1S/C12H19NO2/c1-8(9(2)13)11-6-5-10(14-3)7-12(11)15-4/h5-9H,13H2,1-4H3. The van der Waals surface area contributed by atoms with Gasteiger partial charge in [-0.2, -0.15) is 0 Å². The Morgan fingerprint density at radius 2 is 1.80 bits per heavy atom. The quantitative estimate of drug-likeness (QED) is 0.826. The van der Waals surface area contributed by atoms with E-state index in [9.17, 15) is 0 Å². The van der Waals surface area contributed by atoms with Crippen molar-refractivity contribution >= 4 is 0 Å². The molecule has 0 aliphatic carbocycles. The average Bonchev–Trinajstić information content (AvgIpc) is 2.27. The van der Waals surface area contributed by atoms with E-state index in [0.717, 1.165) is 17.1 Å². The van der Waals surface area contributed by atoms with E-state index in [2.05, 4.69) is 6.92 Å². The van der Waals surface area contributed by atoms with Gasteiger partial charge >= 0.3 is 0 Å². The van der Waals surface area contributed by atoms with Crippen molar-refractivity contribution in [2.45, 2.75) is 25.8 Å². The van der Waals surface area contributed by atoms with Gasteiger partial charge in [0.05, 0.1) is 14.2 Å². The van der Waals surface area contributed by atoms with Crippen LogP contribution < -0.4 is 15.2 Å². The fraction of sp³-hybridized carbons (Fsp3) is 0.500. The van der Waals surface area contributed by atoms with Gasteiger partial charge in [0.2, 0.25) is 0 Å². The topological polar surface area (TPSA) is 44.5 Å². The summed E-state index contributed by atoms with van der Waals surface area (Å²) in [4.78, 5) is 0. The third-order valence-corrected chi connectivity index (χ3v) is 2.72. The zero-order valence-corrected chi connectivity index (χ0v) is 9.78. The maximum atomic E-state index is 5.88. The molecule has 0 radical (unpaired) electrons. The molecule has 3 nitrogen and oxygen atoms in total. The Labute approximate surface area is 91.2 Å². The fourth-order valence-electron chi connectivity index (χ4n) is 1.48. The van der Waals surface area contributed by atoms with Crippen LogP contribution in [0.5, 0.6) is 11.5 Å². The molecule has 0 saturated heterocycles. The normalized spacial score (nSPS) is 14.5. The summed E-state index contributed by atoms with van der Waals surface area (Å²) in [6, 6.07) is 5.92. The molecule has 0 aromatic heterocycles. The van der Waals surface area contributed by atoms with E-state index in [1.165, 1.54) is 0 Å². The Hall–Kier alpha value is -1.22. The predicted molar refractivity (Wildman–Crippen MR) is 61.6 cm³/mol. The van der Waals surface area contributed by atoms with Crippen LogP contribution in [0.15, 0.2) is 18.2 Å². The predicted octanol–water partition coefficient (Wildman–Crippen LogP) is 2.15. The summed E-state index contributed by atoms with van der Waals surface area (Å²) in [5.41, 5.74) is 6.99. The van der Waals surface area contributed by atoms with E-state index in [1.807, 2.05) is 25.1 Å². The molecule has 3 heteroatoms. The van der Waals surface area contributed by atoms with Gasteiger partial charge in [0.1, 0.15) is 11.5 Å². The van der Waals surface area contributed by atoms with Gasteiger partial charge < -0.3 is 15.2 Å². The number of nitrogens with two attached hydrogens (primary N) is 1. The molecule has 1 aromatic rings. The molecule has 2 atom stereocenters. The van der Waals surface area contributed by atoms with Gasteiger partial charge in [-0.25, -0.2) is 0 Å². The Balaban J connectivity index is 3.07. The Kier molecular flexibility index (Phi) is 3.97. The minimum atomic E-state index is 0.104. The smallest absolute Gasteiger partial charge is 0.126 e. The van der Waals surface area contributed by atoms with Gasteiger partial charge in [-0.1, -0.05) is 13.0 Å². The maximum Gasteiger partial charge on any atom is 0.126 e. The number of rotatable bonds is 4. The molecule has 0 bridgehead atoms. The lowest BCUT2D eigenvalue weighted by molar-refractivity contribution is 0.387. The number of methoxy groups -OCH3 is 2. The SMILES string of the molecule is COc1ccc(C(C)C(C)N)c(OC)c1. The highest BCUT2D eigenvalue weighted by atomic mass is 16.5. The molecule has 84 valence electrons. The number of benzene rings is 1. The number of ether oxygens (including phenoxy) is 2. The number of hydrogen-bond acceptors (Lipinski definition) is 3. The van der Waals surface area contributed by atoms with Crippen molar-refractivity contribution in [2.24, 2.45) is 5.73 Å². The van der Waals surface area contributed by atoms with Crippen molar-refractivity contribution < 1.29 is 9.47 Å². The summed E-state index contributed by atoms with van der Waals surface area (Å²) in [6.07, 6.45) is 0. The van der Waals surface area contributed by atoms with Crippen LogP contribution in [0.2, 0.25) is 0 Å². The highest BCUT2D eigenvalue weighted by molar-refractivity contribution is 5.42. The first-order valence-corrected chi connectivity index (χ1v) is 5.07. The molecule has 0 aliphatic rings. The molecule has 2 unspecified atom stereocenters. The molecule has 0 aliphatic heterocycles. The summed E-state index contributed by atoms with van der Waals surface area (Å²) < 4.78 is 10.5. The molecule has 15 heavy (non-hydrogen) atoms. The van der Waals surface area contributed by atoms with Gasteiger partial charge in [0.15, 0.2) is 0 Å². The lowest BCUT2D eigenvalue weighted by atomic mass is 9.94. The second-order valence-corrected chi connectivity index (χ2v) is 3.76. The minimum absolute atomic E-state index is 0.104. The van der Waals surface area contributed by atoms with Gasteiger partial charge in [-0.15, -0.1) is 0 Å². The van der Waals surface area contributed by atoms with Crippen molar-refractivity contribution in [3.63, 3.8) is 0 Å². The molecule has 0 heterocycles. The lowest BCUT2D eigenvalue weighted by Crippen LogP contribution is -2.22. The summed E-state index contributed by atoms with van der Waals surface area (Å²) in [7, 11) is 3.30. The van der Waals surface area contributed by atoms with Crippen molar-refractivity contribution in [1.82, 2.24) is 0 Å². The van der Waals surface area contributed by atoms with E-state index in [1.54, 1.807) is 14.2 Å². The summed E-state index contributed by atoms with van der Waals surface area (Å²) >= 11 is 0. The van der Waals surface area contributed by atoms with E-state index < -0.39 is 0 Å². The van der Waals surface area contributed by atoms with E-state index >= 15 is 0 Å². The molecule has 0 amide bonds. The number of hydrogen-bond donors (Lipinski definition) is 1. The van der Waals surface area contributed by atoms with Gasteiger partial charge in [0, 0.05) is 12.1 Å². The first-order chi connectivity index (χ1) is 7.10. The van der Waals surface area contributed by atoms with Crippen LogP contribution in [0.1, 0.15) is 25.3 Å². The van der Waals surface area contributed by atoms with Gasteiger partial charge in [-0.3, -0.25) is 0 Å². The summed E-state index contributed by atoms with van der Waals surface area (Å²) in [6.45, 7) is 4.09. The molecule has 0 fully saturated rings. The van der Waals surface area contributed by atoms with Crippen LogP contribution in [0.3, 0.4) is 0 Å². The van der Waals surface area contributed by atoms with Crippen LogP contribution >= 0.6 is 0 Å². The lowest BCUT2D eigenvalue weighted by Gasteiger charge is -2.19. The maximum absolute atomic E-state index is 5.88. The van der Waals surface area contributed by atoms with Crippen molar-refractivity contribution in [3.8, 4) is 11.5 Å². The van der Waals surface area contributed by atoms with E-state index in [0.29, 0.717) is 0 Å². The molecular formula is C12H19NO2. The van der Waals surface area contributed by atoms with Crippen LogP contribution in [-0.2, 0) is 0 Å². The third kappa shape index (κ3) is 2.63. The third-order valence-electron chi connectivity index (χ3n) is 2.72. The average molecular weight is 209 g/mol. The Morgan fingerprint density at radius 1 is 1.13 bits per heavy atom. The molecule has 1 aromatic carbocycles. The van der Waals surface area contributed by atoms with Crippen molar-refractivity contribution in [3.05, 3.63) is 23.8 Å². The fourth-order valence-corrected chi connectivity index (χ4v) is 1.48. The molecule has 0 spiro atoms. The van der Waals surface area contributed by atoms with E-state index in [-0.39, 0.29) is 12.0 Å². The zero-order valence-electron chi connectivity index (χ0n) is 9.78. The van der Waals surface area contributed by atoms with Gasteiger partial charge in [0.25, 0.3) is 0 Å².